The number of nitrogens with zero attached hydrogens (tertiary/aromatic N) is 1. The van der Waals surface area contributed by atoms with Crippen molar-refractivity contribution >= 4 is 23.8 Å². The number of hydrogen-bond donors (Lipinski definition) is 3. The maximum absolute atomic E-state index is 11.7. The third kappa shape index (κ3) is 5.69. The number of rotatable bonds is 7. The Bertz CT molecular complexity index is 315. The van der Waals surface area contributed by atoms with Crippen LogP contribution in [0.5, 0.6) is 0 Å². The molecule has 2 atom stereocenters. The summed E-state index contributed by atoms with van der Waals surface area (Å²) >= 11 is 1.57. The van der Waals surface area contributed by atoms with Gasteiger partial charge in [0.1, 0.15) is 6.04 Å². The molecule has 1 saturated heterocycles. The molecule has 0 radical (unpaired) electrons. The minimum absolute atomic E-state index is 0.361. The summed E-state index contributed by atoms with van der Waals surface area (Å²) in [7, 11) is 2.04. The molecule has 19 heavy (non-hydrogen) atoms. The number of hydrogen-bond acceptors (Lipinski definition) is 4. The van der Waals surface area contributed by atoms with Crippen molar-refractivity contribution in [2.75, 3.05) is 32.1 Å². The van der Waals surface area contributed by atoms with Crippen molar-refractivity contribution in [1.29, 1.82) is 0 Å². The van der Waals surface area contributed by atoms with E-state index in [1.807, 2.05) is 13.3 Å². The Hall–Kier alpha value is -0.950. The smallest absolute Gasteiger partial charge is 0.326 e. The van der Waals surface area contributed by atoms with Crippen LogP contribution in [0.15, 0.2) is 0 Å². The highest BCUT2D eigenvalue weighted by Gasteiger charge is 2.23. The molecule has 1 aliphatic rings. The van der Waals surface area contributed by atoms with Crippen LogP contribution in [-0.2, 0) is 4.79 Å². The predicted molar refractivity (Wildman–Crippen MR) is 76.6 cm³/mol. The molecule has 0 aromatic heterocycles. The summed E-state index contributed by atoms with van der Waals surface area (Å²) in [4.78, 5) is 24.9. The van der Waals surface area contributed by atoms with Crippen LogP contribution >= 0.6 is 11.8 Å². The fourth-order valence-electron chi connectivity index (χ4n) is 2.15. The van der Waals surface area contributed by atoms with E-state index in [-0.39, 0.29) is 0 Å². The van der Waals surface area contributed by atoms with Gasteiger partial charge in [0.15, 0.2) is 0 Å². The summed E-state index contributed by atoms with van der Waals surface area (Å²) in [5.41, 5.74) is 0. The highest BCUT2D eigenvalue weighted by atomic mass is 32.2. The van der Waals surface area contributed by atoms with Gasteiger partial charge in [0, 0.05) is 12.6 Å². The quantitative estimate of drug-likeness (QED) is 0.639. The zero-order valence-electron chi connectivity index (χ0n) is 11.5. The van der Waals surface area contributed by atoms with Gasteiger partial charge in [-0.2, -0.15) is 11.8 Å². The number of thioether (sulfide) groups is 1. The lowest BCUT2D eigenvalue weighted by atomic mass is 10.2. The predicted octanol–water partition coefficient (Wildman–Crippen LogP) is 0.586. The third-order valence-corrected chi connectivity index (χ3v) is 4.03. The van der Waals surface area contributed by atoms with E-state index in [9.17, 15) is 9.59 Å². The lowest BCUT2D eigenvalue weighted by Crippen LogP contribution is -2.49. The van der Waals surface area contributed by atoms with Crippen LogP contribution in [0.4, 0.5) is 4.79 Å². The van der Waals surface area contributed by atoms with Crippen LogP contribution in [0.2, 0.25) is 0 Å². The van der Waals surface area contributed by atoms with E-state index in [0.717, 1.165) is 19.4 Å². The molecule has 0 spiro atoms. The van der Waals surface area contributed by atoms with Crippen LogP contribution in [0.1, 0.15) is 19.3 Å². The molecule has 0 aromatic rings. The maximum atomic E-state index is 11.7. The van der Waals surface area contributed by atoms with Gasteiger partial charge < -0.3 is 20.6 Å². The summed E-state index contributed by atoms with van der Waals surface area (Å²) in [5.74, 6) is -0.273. The van der Waals surface area contributed by atoms with Gasteiger partial charge in [-0.1, -0.05) is 0 Å². The molecule has 0 aliphatic carbocycles. The van der Waals surface area contributed by atoms with Crippen LogP contribution in [0.3, 0.4) is 0 Å². The Kier molecular flexibility index (Phi) is 7.01. The van der Waals surface area contributed by atoms with Gasteiger partial charge in [0.2, 0.25) is 0 Å². The summed E-state index contributed by atoms with van der Waals surface area (Å²) < 4.78 is 0. The Labute approximate surface area is 118 Å². The van der Waals surface area contributed by atoms with Gasteiger partial charge in [-0.15, -0.1) is 0 Å². The Balaban J connectivity index is 2.29. The van der Waals surface area contributed by atoms with Crippen LogP contribution in [0.25, 0.3) is 0 Å². The Morgan fingerprint density at radius 1 is 1.53 bits per heavy atom. The van der Waals surface area contributed by atoms with Crippen LogP contribution in [0, 0.1) is 0 Å². The lowest BCUT2D eigenvalue weighted by molar-refractivity contribution is -0.139. The van der Waals surface area contributed by atoms with Crippen molar-refractivity contribution in [2.24, 2.45) is 0 Å². The summed E-state index contributed by atoms with van der Waals surface area (Å²) in [5, 5.41) is 14.3. The fourth-order valence-corrected chi connectivity index (χ4v) is 2.62. The zero-order valence-corrected chi connectivity index (χ0v) is 12.3. The number of likely N-dealkylation sites (tertiary alicyclic amines) is 1. The Morgan fingerprint density at radius 3 is 2.79 bits per heavy atom. The zero-order chi connectivity index (χ0) is 14.3. The van der Waals surface area contributed by atoms with Gasteiger partial charge >= 0.3 is 12.0 Å². The molecule has 2 unspecified atom stereocenters. The second-order valence-corrected chi connectivity index (χ2v) is 5.79. The van der Waals surface area contributed by atoms with E-state index in [4.69, 9.17) is 5.11 Å². The number of carboxylic acids is 1. The summed E-state index contributed by atoms with van der Waals surface area (Å²) in [6.07, 6.45) is 4.57. The third-order valence-electron chi connectivity index (χ3n) is 3.38. The summed E-state index contributed by atoms with van der Waals surface area (Å²) in [6.45, 7) is 1.62. The molecule has 0 saturated carbocycles. The number of nitrogens with one attached hydrogen (secondary N) is 2. The number of carboxylic acid groups (broad SMARTS) is 1. The molecule has 3 N–H and O–H groups in total. The van der Waals surface area contributed by atoms with Gasteiger partial charge in [-0.25, -0.2) is 9.59 Å². The number of carbonyl (C=O) groups is 2. The average molecular weight is 289 g/mol. The second kappa shape index (κ2) is 8.27. The highest BCUT2D eigenvalue weighted by molar-refractivity contribution is 7.98. The lowest BCUT2D eigenvalue weighted by Gasteiger charge is -2.21. The first-order valence-corrected chi connectivity index (χ1v) is 7.90. The number of amides is 2. The summed E-state index contributed by atoms with van der Waals surface area (Å²) in [6, 6.07) is -0.845. The van der Waals surface area contributed by atoms with Crippen molar-refractivity contribution in [3.05, 3.63) is 0 Å². The first kappa shape index (κ1) is 16.1. The van der Waals surface area contributed by atoms with E-state index in [1.54, 1.807) is 11.8 Å². The fraction of sp³-hybridized carbons (Fsp3) is 0.833. The Morgan fingerprint density at radius 2 is 2.26 bits per heavy atom. The number of aliphatic carboxylic acids is 1. The monoisotopic (exact) mass is 289 g/mol. The van der Waals surface area contributed by atoms with E-state index in [0.29, 0.717) is 24.8 Å². The van der Waals surface area contributed by atoms with Crippen LogP contribution < -0.4 is 10.6 Å². The molecule has 1 rings (SSSR count). The maximum Gasteiger partial charge on any atom is 0.326 e. The molecule has 0 bridgehead atoms. The van der Waals surface area contributed by atoms with E-state index in [2.05, 4.69) is 15.5 Å². The van der Waals surface area contributed by atoms with Crippen molar-refractivity contribution in [2.45, 2.75) is 31.3 Å². The number of urea groups is 1. The van der Waals surface area contributed by atoms with E-state index in [1.165, 1.54) is 0 Å². The molecule has 110 valence electrons. The number of likely N-dealkylation sites (N-methyl/N-ethyl adjacent to an activating group) is 1. The van der Waals surface area contributed by atoms with Crippen LogP contribution in [-0.4, -0.2) is 66.2 Å². The van der Waals surface area contributed by atoms with Crippen molar-refractivity contribution in [3.8, 4) is 0 Å². The minimum Gasteiger partial charge on any atom is -0.480 e. The first-order valence-electron chi connectivity index (χ1n) is 6.51. The van der Waals surface area contributed by atoms with Gasteiger partial charge in [0.05, 0.1) is 0 Å². The molecule has 7 heteroatoms. The molecule has 6 nitrogen and oxygen atoms in total. The average Bonchev–Trinajstić information content (AvgIpc) is 2.77. The van der Waals surface area contributed by atoms with E-state index >= 15 is 0 Å². The van der Waals surface area contributed by atoms with Gasteiger partial charge in [-0.3, -0.25) is 0 Å². The molecular weight excluding hydrogens is 266 g/mol. The number of carbonyl (C=O) groups excluding carboxylic acids is 1. The molecule has 1 fully saturated rings. The highest BCUT2D eigenvalue weighted by Crippen LogP contribution is 2.13. The topological polar surface area (TPSA) is 81.7 Å². The van der Waals surface area contributed by atoms with Gasteiger partial charge in [-0.05, 0) is 44.9 Å². The largest absolute Gasteiger partial charge is 0.480 e. The second-order valence-electron chi connectivity index (χ2n) is 4.80. The molecule has 1 aliphatic heterocycles. The molecule has 0 aromatic carbocycles. The molecule has 1 heterocycles. The van der Waals surface area contributed by atoms with Crippen molar-refractivity contribution in [3.63, 3.8) is 0 Å². The SMILES string of the molecule is CSCCC(NC(=O)NCC1CCCN1C)C(=O)O. The molecular formula is C12H23N3O3S. The molecule has 2 amide bonds. The van der Waals surface area contributed by atoms with E-state index < -0.39 is 18.0 Å². The van der Waals surface area contributed by atoms with Gasteiger partial charge in [0.25, 0.3) is 0 Å². The van der Waals surface area contributed by atoms with Crippen molar-refractivity contribution < 1.29 is 14.7 Å². The first-order chi connectivity index (χ1) is 9.04. The standard InChI is InChI=1S/C12H23N3O3S/c1-15-6-3-4-9(15)8-13-12(18)14-10(11(16)17)5-7-19-2/h9-10H,3-8H2,1-2H3,(H,16,17)(H2,13,14,18). The van der Waals surface area contributed by atoms with Crippen molar-refractivity contribution in [1.82, 2.24) is 15.5 Å². The minimum atomic E-state index is -0.984. The normalized spacial score (nSPS) is 21.1.